The Balaban J connectivity index is 4.17. The largest absolute Gasteiger partial charge is 0.372 e. The third-order valence-corrected chi connectivity index (χ3v) is 2.39. The Morgan fingerprint density at radius 3 is 2.00 bits per heavy atom. The van der Waals surface area contributed by atoms with Gasteiger partial charge in [0.25, 0.3) is 0 Å². The third-order valence-electron chi connectivity index (χ3n) is 1.69. The van der Waals surface area contributed by atoms with Gasteiger partial charge >= 0.3 is 0 Å². The summed E-state index contributed by atoms with van der Waals surface area (Å²) in [6.45, 7) is 7.42. The molecule has 0 aliphatic carbocycles. The van der Waals surface area contributed by atoms with Crippen molar-refractivity contribution in [3.8, 4) is 0 Å². The van der Waals surface area contributed by atoms with Gasteiger partial charge in [0, 0.05) is 20.0 Å². The van der Waals surface area contributed by atoms with E-state index in [0.717, 1.165) is 17.8 Å². The van der Waals surface area contributed by atoms with Crippen LogP contribution in [-0.4, -0.2) is 24.0 Å². The highest BCUT2D eigenvalue weighted by Crippen LogP contribution is 2.13. The van der Waals surface area contributed by atoms with E-state index in [1.165, 1.54) is 0 Å². The summed E-state index contributed by atoms with van der Waals surface area (Å²) < 4.78 is 0. The van der Waals surface area contributed by atoms with Crippen LogP contribution in [0.5, 0.6) is 0 Å². The van der Waals surface area contributed by atoms with E-state index in [-0.39, 0.29) is 0 Å². The molecule has 0 N–H and O–H groups in total. The maximum Gasteiger partial charge on any atom is 0.0811 e. The molecule has 68 valence electrons. The lowest BCUT2D eigenvalue weighted by atomic mass is 10.0. The number of nitrogens with zero attached hydrogens (tertiary/aromatic N) is 1. The Kier molecular flexibility index (Phi) is 5.64. The van der Waals surface area contributed by atoms with Gasteiger partial charge in [0.05, 0.1) is 4.99 Å². The maximum absolute atomic E-state index is 5.26. The molecule has 0 radical (unpaired) electrons. The van der Waals surface area contributed by atoms with Crippen LogP contribution in [0.15, 0.2) is 25.3 Å². The van der Waals surface area contributed by atoms with Gasteiger partial charge < -0.3 is 4.90 Å². The number of hydrogen-bond donors (Lipinski definition) is 0. The van der Waals surface area contributed by atoms with Crippen molar-refractivity contribution in [2.45, 2.75) is 12.8 Å². The zero-order valence-corrected chi connectivity index (χ0v) is 8.73. The van der Waals surface area contributed by atoms with Crippen LogP contribution in [0, 0.1) is 5.92 Å². The molecule has 0 saturated carbocycles. The van der Waals surface area contributed by atoms with Gasteiger partial charge in [-0.2, -0.15) is 0 Å². The van der Waals surface area contributed by atoms with E-state index in [1.54, 1.807) is 0 Å². The monoisotopic (exact) mass is 183 g/mol. The summed E-state index contributed by atoms with van der Waals surface area (Å²) in [4.78, 5) is 2.96. The summed E-state index contributed by atoms with van der Waals surface area (Å²) >= 11 is 5.26. The van der Waals surface area contributed by atoms with Crippen molar-refractivity contribution in [2.75, 3.05) is 14.1 Å². The summed E-state index contributed by atoms with van der Waals surface area (Å²) in [7, 11) is 3.95. The van der Waals surface area contributed by atoms with E-state index in [4.69, 9.17) is 12.2 Å². The fourth-order valence-electron chi connectivity index (χ4n) is 1.07. The van der Waals surface area contributed by atoms with Crippen molar-refractivity contribution < 1.29 is 0 Å². The zero-order chi connectivity index (χ0) is 9.56. The van der Waals surface area contributed by atoms with Gasteiger partial charge in [-0.3, -0.25) is 0 Å². The molecule has 2 heteroatoms. The number of hydrogen-bond acceptors (Lipinski definition) is 1. The summed E-state index contributed by atoms with van der Waals surface area (Å²) in [5, 5.41) is 0. The fourth-order valence-corrected chi connectivity index (χ4v) is 1.26. The zero-order valence-electron chi connectivity index (χ0n) is 7.92. The second-order valence-corrected chi connectivity index (χ2v) is 3.40. The fraction of sp³-hybridized carbons (Fsp3) is 0.500. The van der Waals surface area contributed by atoms with E-state index < -0.39 is 0 Å². The highest BCUT2D eigenvalue weighted by molar-refractivity contribution is 7.80. The highest BCUT2D eigenvalue weighted by atomic mass is 32.1. The molecular formula is C10H17NS. The second-order valence-electron chi connectivity index (χ2n) is 2.98. The van der Waals surface area contributed by atoms with Crippen LogP contribution in [0.25, 0.3) is 0 Å². The molecule has 0 aromatic heterocycles. The van der Waals surface area contributed by atoms with Crippen molar-refractivity contribution in [3.63, 3.8) is 0 Å². The van der Waals surface area contributed by atoms with Gasteiger partial charge in [-0.25, -0.2) is 0 Å². The molecule has 0 aliphatic heterocycles. The Morgan fingerprint density at radius 2 is 1.75 bits per heavy atom. The lowest BCUT2D eigenvalue weighted by molar-refractivity contribution is 0.562. The standard InChI is InChI=1S/C10H17NS/c1-5-7-9(8-6-2)10(12)11(3)4/h5-6,9H,1-2,7-8H2,3-4H3. The second kappa shape index (κ2) is 5.95. The molecule has 0 amide bonds. The average Bonchev–Trinajstić information content (AvgIpc) is 2.03. The van der Waals surface area contributed by atoms with Crippen LogP contribution in [0.3, 0.4) is 0 Å². The third kappa shape index (κ3) is 3.67. The quantitative estimate of drug-likeness (QED) is 0.476. The molecule has 0 saturated heterocycles. The van der Waals surface area contributed by atoms with E-state index in [1.807, 2.05) is 31.1 Å². The minimum absolute atomic E-state index is 0.394. The molecule has 0 aromatic carbocycles. The first-order valence-corrected chi connectivity index (χ1v) is 4.47. The highest BCUT2D eigenvalue weighted by Gasteiger charge is 2.12. The topological polar surface area (TPSA) is 3.24 Å². The van der Waals surface area contributed by atoms with Gasteiger partial charge in [-0.1, -0.05) is 24.4 Å². The Hall–Kier alpha value is -0.630. The maximum atomic E-state index is 5.26. The summed E-state index contributed by atoms with van der Waals surface area (Å²) in [6, 6.07) is 0. The van der Waals surface area contributed by atoms with E-state index in [9.17, 15) is 0 Å². The van der Waals surface area contributed by atoms with Gasteiger partial charge in [0.1, 0.15) is 0 Å². The summed E-state index contributed by atoms with van der Waals surface area (Å²) in [5.41, 5.74) is 0. The summed E-state index contributed by atoms with van der Waals surface area (Å²) in [5.74, 6) is 0.394. The normalized spacial score (nSPS) is 9.58. The van der Waals surface area contributed by atoms with Crippen LogP contribution in [-0.2, 0) is 0 Å². The summed E-state index contributed by atoms with van der Waals surface area (Å²) in [6.07, 6.45) is 5.68. The smallest absolute Gasteiger partial charge is 0.0811 e. The van der Waals surface area contributed by atoms with Crippen LogP contribution < -0.4 is 0 Å². The van der Waals surface area contributed by atoms with Gasteiger partial charge in [0.2, 0.25) is 0 Å². The molecule has 0 aromatic rings. The van der Waals surface area contributed by atoms with E-state index in [0.29, 0.717) is 5.92 Å². The van der Waals surface area contributed by atoms with Crippen LogP contribution in [0.4, 0.5) is 0 Å². The predicted octanol–water partition coefficient (Wildman–Crippen LogP) is 2.64. The van der Waals surface area contributed by atoms with Gasteiger partial charge in [-0.05, 0) is 12.8 Å². The van der Waals surface area contributed by atoms with E-state index in [2.05, 4.69) is 13.2 Å². The lowest BCUT2D eigenvalue weighted by Gasteiger charge is -2.21. The van der Waals surface area contributed by atoms with Crippen molar-refractivity contribution in [1.29, 1.82) is 0 Å². The van der Waals surface area contributed by atoms with Crippen LogP contribution in [0.2, 0.25) is 0 Å². The molecule has 0 heterocycles. The van der Waals surface area contributed by atoms with Crippen LogP contribution >= 0.6 is 12.2 Å². The Labute approximate surface area is 80.8 Å². The first-order chi connectivity index (χ1) is 5.63. The molecular weight excluding hydrogens is 166 g/mol. The molecule has 0 aliphatic rings. The predicted molar refractivity (Wildman–Crippen MR) is 59.4 cm³/mol. The first kappa shape index (κ1) is 11.4. The lowest BCUT2D eigenvalue weighted by Crippen LogP contribution is -2.27. The molecule has 0 rings (SSSR count). The van der Waals surface area contributed by atoms with E-state index >= 15 is 0 Å². The van der Waals surface area contributed by atoms with Crippen molar-refractivity contribution >= 4 is 17.2 Å². The molecule has 0 atom stereocenters. The minimum Gasteiger partial charge on any atom is -0.372 e. The van der Waals surface area contributed by atoms with Crippen molar-refractivity contribution in [2.24, 2.45) is 5.92 Å². The SMILES string of the molecule is C=CCC(CC=C)C(=S)N(C)C. The van der Waals surface area contributed by atoms with Crippen molar-refractivity contribution in [3.05, 3.63) is 25.3 Å². The van der Waals surface area contributed by atoms with Crippen molar-refractivity contribution in [1.82, 2.24) is 4.90 Å². The van der Waals surface area contributed by atoms with Gasteiger partial charge in [0.15, 0.2) is 0 Å². The first-order valence-electron chi connectivity index (χ1n) is 4.06. The average molecular weight is 183 g/mol. The molecule has 0 fully saturated rings. The van der Waals surface area contributed by atoms with Gasteiger partial charge in [-0.15, -0.1) is 13.2 Å². The van der Waals surface area contributed by atoms with Crippen LogP contribution in [0.1, 0.15) is 12.8 Å². The molecule has 0 bridgehead atoms. The minimum atomic E-state index is 0.394. The number of thiocarbonyl (C=S) groups is 1. The molecule has 1 nitrogen and oxygen atoms in total. The molecule has 12 heavy (non-hydrogen) atoms. The Morgan fingerprint density at radius 1 is 1.33 bits per heavy atom. The number of rotatable bonds is 5. The number of allylic oxidation sites excluding steroid dienone is 2. The Bertz CT molecular complexity index is 163. The molecule has 0 unspecified atom stereocenters. The molecule has 0 spiro atoms.